The Labute approximate surface area is 100 Å². The van der Waals surface area contributed by atoms with Crippen molar-refractivity contribution in [2.24, 2.45) is 0 Å². The van der Waals surface area contributed by atoms with E-state index < -0.39 is 0 Å². The van der Waals surface area contributed by atoms with Crippen molar-refractivity contribution in [3.63, 3.8) is 0 Å². The molecule has 84 valence electrons. The van der Waals surface area contributed by atoms with Crippen molar-refractivity contribution in [3.8, 4) is 5.69 Å². The average Bonchev–Trinajstić information content (AvgIpc) is 2.55. The highest BCUT2D eigenvalue weighted by molar-refractivity contribution is 6.32. The first kappa shape index (κ1) is 11.0. The number of hydrogen-bond acceptors (Lipinski definition) is 2. The van der Waals surface area contributed by atoms with Gasteiger partial charge in [-0.2, -0.15) is 0 Å². The van der Waals surface area contributed by atoms with Crippen LogP contribution in [0.5, 0.6) is 0 Å². The molecule has 1 aromatic carbocycles. The quantitative estimate of drug-likeness (QED) is 0.798. The lowest BCUT2D eigenvalue weighted by atomic mass is 10.3. The van der Waals surface area contributed by atoms with Crippen LogP contribution in [-0.4, -0.2) is 23.6 Å². The minimum atomic E-state index is 0.534. The van der Waals surface area contributed by atoms with Gasteiger partial charge in [0.15, 0.2) is 11.0 Å². The van der Waals surface area contributed by atoms with Crippen molar-refractivity contribution < 1.29 is 0 Å². The van der Waals surface area contributed by atoms with E-state index in [-0.39, 0.29) is 0 Å². The SMILES string of the molecule is Cc1nc(Cl)c(N(C)C)n1-c1ccccc1. The van der Waals surface area contributed by atoms with Crippen LogP contribution in [0.25, 0.3) is 5.69 Å². The van der Waals surface area contributed by atoms with E-state index in [1.807, 2.05) is 60.8 Å². The Morgan fingerprint density at radius 3 is 2.38 bits per heavy atom. The van der Waals surface area contributed by atoms with Crippen molar-refractivity contribution in [1.29, 1.82) is 0 Å². The molecule has 2 aromatic rings. The van der Waals surface area contributed by atoms with E-state index in [9.17, 15) is 0 Å². The van der Waals surface area contributed by atoms with Gasteiger partial charge in [0.2, 0.25) is 0 Å². The van der Waals surface area contributed by atoms with Crippen molar-refractivity contribution in [3.05, 3.63) is 41.3 Å². The highest BCUT2D eigenvalue weighted by Gasteiger charge is 2.15. The predicted molar refractivity (Wildman–Crippen MR) is 67.6 cm³/mol. The van der Waals surface area contributed by atoms with Gasteiger partial charge >= 0.3 is 0 Å². The Morgan fingerprint density at radius 2 is 1.81 bits per heavy atom. The number of anilines is 1. The predicted octanol–water partition coefficient (Wildman–Crippen LogP) is 2.90. The van der Waals surface area contributed by atoms with Gasteiger partial charge in [0.25, 0.3) is 0 Å². The van der Waals surface area contributed by atoms with E-state index in [4.69, 9.17) is 11.6 Å². The molecule has 1 aromatic heterocycles. The minimum absolute atomic E-state index is 0.534. The first-order valence-electron chi connectivity index (χ1n) is 5.09. The van der Waals surface area contributed by atoms with E-state index in [1.54, 1.807) is 0 Å². The van der Waals surface area contributed by atoms with Gasteiger partial charge in [-0.25, -0.2) is 4.98 Å². The van der Waals surface area contributed by atoms with Gasteiger partial charge in [-0.3, -0.25) is 4.57 Å². The molecule has 0 saturated heterocycles. The van der Waals surface area contributed by atoms with Crippen LogP contribution in [0.15, 0.2) is 30.3 Å². The van der Waals surface area contributed by atoms with Gasteiger partial charge in [0, 0.05) is 19.8 Å². The molecule has 16 heavy (non-hydrogen) atoms. The molecule has 0 aliphatic heterocycles. The summed E-state index contributed by atoms with van der Waals surface area (Å²) in [4.78, 5) is 6.26. The number of halogens is 1. The normalized spacial score (nSPS) is 10.5. The molecule has 0 spiro atoms. The average molecular weight is 236 g/mol. The van der Waals surface area contributed by atoms with Crippen LogP contribution in [0, 0.1) is 6.92 Å². The fourth-order valence-corrected chi connectivity index (χ4v) is 2.13. The first-order valence-corrected chi connectivity index (χ1v) is 5.46. The molecule has 0 saturated carbocycles. The molecule has 0 atom stereocenters. The number of aromatic nitrogens is 2. The largest absolute Gasteiger partial charge is 0.361 e. The molecule has 4 heteroatoms. The van der Waals surface area contributed by atoms with Crippen molar-refractivity contribution in [1.82, 2.24) is 9.55 Å². The Balaban J connectivity index is 2.65. The van der Waals surface area contributed by atoms with Gasteiger partial charge < -0.3 is 4.90 Å². The molecule has 0 aliphatic carbocycles. The Kier molecular flexibility index (Phi) is 2.88. The molecule has 0 aliphatic rings. The summed E-state index contributed by atoms with van der Waals surface area (Å²) >= 11 is 6.12. The summed E-state index contributed by atoms with van der Waals surface area (Å²) < 4.78 is 2.04. The van der Waals surface area contributed by atoms with Crippen LogP contribution in [-0.2, 0) is 0 Å². The smallest absolute Gasteiger partial charge is 0.172 e. The molecule has 1 heterocycles. The highest BCUT2D eigenvalue weighted by atomic mass is 35.5. The second kappa shape index (κ2) is 4.18. The van der Waals surface area contributed by atoms with E-state index in [1.165, 1.54) is 0 Å². The number of rotatable bonds is 2. The number of benzene rings is 1. The minimum Gasteiger partial charge on any atom is -0.361 e. The van der Waals surface area contributed by atoms with Crippen LogP contribution in [0.1, 0.15) is 5.82 Å². The fourth-order valence-electron chi connectivity index (χ4n) is 1.76. The van der Waals surface area contributed by atoms with Crippen molar-refractivity contribution >= 4 is 17.4 Å². The lowest BCUT2D eigenvalue weighted by Gasteiger charge is -2.16. The van der Waals surface area contributed by atoms with Crippen LogP contribution >= 0.6 is 11.6 Å². The number of nitrogens with zero attached hydrogens (tertiary/aromatic N) is 3. The van der Waals surface area contributed by atoms with Crippen LogP contribution < -0.4 is 4.90 Å². The summed E-state index contributed by atoms with van der Waals surface area (Å²) in [5.74, 6) is 1.80. The summed E-state index contributed by atoms with van der Waals surface area (Å²) in [6.45, 7) is 1.95. The summed E-state index contributed by atoms with van der Waals surface area (Å²) in [6.07, 6.45) is 0. The fraction of sp³-hybridized carbons (Fsp3) is 0.250. The summed E-state index contributed by atoms with van der Waals surface area (Å²) in [7, 11) is 3.92. The molecule has 3 nitrogen and oxygen atoms in total. The summed E-state index contributed by atoms with van der Waals surface area (Å²) in [5.41, 5.74) is 1.07. The highest BCUT2D eigenvalue weighted by Crippen LogP contribution is 2.28. The maximum atomic E-state index is 6.12. The van der Waals surface area contributed by atoms with Gasteiger partial charge in [-0.05, 0) is 19.1 Å². The third-order valence-electron chi connectivity index (χ3n) is 2.42. The van der Waals surface area contributed by atoms with E-state index in [0.29, 0.717) is 5.15 Å². The topological polar surface area (TPSA) is 21.1 Å². The zero-order valence-electron chi connectivity index (χ0n) is 9.61. The van der Waals surface area contributed by atoms with E-state index in [0.717, 1.165) is 17.3 Å². The van der Waals surface area contributed by atoms with Crippen LogP contribution in [0.3, 0.4) is 0 Å². The van der Waals surface area contributed by atoms with Gasteiger partial charge in [-0.1, -0.05) is 29.8 Å². The van der Waals surface area contributed by atoms with Crippen molar-refractivity contribution in [2.45, 2.75) is 6.92 Å². The Hall–Kier alpha value is -1.48. The lowest BCUT2D eigenvalue weighted by molar-refractivity contribution is 0.935. The lowest BCUT2D eigenvalue weighted by Crippen LogP contribution is -2.14. The van der Waals surface area contributed by atoms with E-state index in [2.05, 4.69) is 4.98 Å². The third kappa shape index (κ3) is 1.78. The third-order valence-corrected chi connectivity index (χ3v) is 2.67. The summed E-state index contributed by atoms with van der Waals surface area (Å²) in [5, 5.41) is 0.534. The van der Waals surface area contributed by atoms with Gasteiger partial charge in [0.1, 0.15) is 5.82 Å². The van der Waals surface area contributed by atoms with Gasteiger partial charge in [-0.15, -0.1) is 0 Å². The maximum Gasteiger partial charge on any atom is 0.172 e. The number of aryl methyl sites for hydroxylation is 1. The molecule has 0 radical (unpaired) electrons. The molecule has 0 unspecified atom stereocenters. The Bertz CT molecular complexity index is 488. The second-order valence-corrected chi connectivity index (χ2v) is 4.20. The molecule has 0 N–H and O–H groups in total. The van der Waals surface area contributed by atoms with Gasteiger partial charge in [0.05, 0.1) is 0 Å². The van der Waals surface area contributed by atoms with Crippen LogP contribution in [0.4, 0.5) is 5.82 Å². The van der Waals surface area contributed by atoms with Crippen LogP contribution in [0.2, 0.25) is 5.15 Å². The molecule has 0 fully saturated rings. The number of para-hydroxylation sites is 1. The molecule has 0 amide bonds. The molecule has 2 rings (SSSR count). The maximum absolute atomic E-state index is 6.12. The second-order valence-electron chi connectivity index (χ2n) is 3.84. The molecular formula is C12H14ClN3. The number of imidazole rings is 1. The number of hydrogen-bond donors (Lipinski definition) is 0. The van der Waals surface area contributed by atoms with E-state index >= 15 is 0 Å². The molecule has 0 bridgehead atoms. The monoisotopic (exact) mass is 235 g/mol. The standard InChI is InChI=1S/C12H14ClN3/c1-9-14-11(13)12(15(2)3)16(9)10-7-5-4-6-8-10/h4-8H,1-3H3. The Morgan fingerprint density at radius 1 is 1.19 bits per heavy atom. The molecular weight excluding hydrogens is 222 g/mol. The first-order chi connectivity index (χ1) is 7.61. The zero-order valence-corrected chi connectivity index (χ0v) is 10.4. The summed E-state index contributed by atoms with van der Waals surface area (Å²) in [6, 6.07) is 10.1. The van der Waals surface area contributed by atoms with Crippen molar-refractivity contribution in [2.75, 3.05) is 19.0 Å². The zero-order chi connectivity index (χ0) is 11.7.